The molecule has 0 aliphatic rings. The molecule has 19 heavy (non-hydrogen) atoms. The number of carbonyl (C=O) groups excluding carboxylic acids is 1. The minimum atomic E-state index is -0.330. The van der Waals surface area contributed by atoms with E-state index in [9.17, 15) is 9.59 Å². The van der Waals surface area contributed by atoms with E-state index >= 15 is 0 Å². The molecule has 2 N–H and O–H groups in total. The van der Waals surface area contributed by atoms with Crippen molar-refractivity contribution in [3.63, 3.8) is 0 Å². The lowest BCUT2D eigenvalue weighted by molar-refractivity contribution is 0.0946. The van der Waals surface area contributed by atoms with Crippen LogP contribution in [0.25, 0.3) is 0 Å². The third kappa shape index (κ3) is 3.47. The fourth-order valence-corrected chi connectivity index (χ4v) is 2.34. The first-order valence-corrected chi connectivity index (χ1v) is 6.69. The highest BCUT2D eigenvalue weighted by Crippen LogP contribution is 2.18. The van der Waals surface area contributed by atoms with Gasteiger partial charge in [-0.2, -0.15) is 0 Å². The molecule has 0 spiro atoms. The van der Waals surface area contributed by atoms with Crippen molar-refractivity contribution in [3.05, 3.63) is 44.5 Å². The molecule has 1 atom stereocenters. The molecule has 0 aliphatic heterocycles. The molecule has 0 bridgehead atoms. The number of aromatic nitrogens is 3. The molecule has 2 heterocycles. The summed E-state index contributed by atoms with van der Waals surface area (Å²) in [6, 6.07) is 0. The molecule has 100 valence electrons. The predicted molar refractivity (Wildman–Crippen MR) is 72.5 cm³/mol. The zero-order valence-electron chi connectivity index (χ0n) is 10.6. The number of H-pyrrole nitrogens is 1. The SMILES string of the molecule is Cc1csc([C@H](C)CNC(=O)c2c[nH]c(=O)cn2)n1. The van der Waals surface area contributed by atoms with Gasteiger partial charge in [0, 0.05) is 29.7 Å². The van der Waals surface area contributed by atoms with Crippen LogP contribution in [0, 0.1) is 6.92 Å². The fourth-order valence-electron chi connectivity index (χ4n) is 1.49. The summed E-state index contributed by atoms with van der Waals surface area (Å²) in [7, 11) is 0. The maximum absolute atomic E-state index is 11.8. The molecule has 0 fully saturated rings. The van der Waals surface area contributed by atoms with Crippen LogP contribution in [0.15, 0.2) is 22.6 Å². The van der Waals surface area contributed by atoms with Crippen molar-refractivity contribution in [2.75, 3.05) is 6.54 Å². The smallest absolute Gasteiger partial charge is 0.271 e. The molecule has 1 amide bonds. The first-order chi connectivity index (χ1) is 9.06. The van der Waals surface area contributed by atoms with Crippen molar-refractivity contribution in [2.45, 2.75) is 19.8 Å². The van der Waals surface area contributed by atoms with E-state index in [-0.39, 0.29) is 23.1 Å². The third-order valence-electron chi connectivity index (χ3n) is 2.53. The number of aryl methyl sites for hydroxylation is 1. The Balaban J connectivity index is 1.93. The van der Waals surface area contributed by atoms with Crippen LogP contribution in [0.5, 0.6) is 0 Å². The zero-order valence-corrected chi connectivity index (χ0v) is 11.5. The van der Waals surface area contributed by atoms with Crippen molar-refractivity contribution in [1.82, 2.24) is 20.3 Å². The molecule has 6 nitrogen and oxygen atoms in total. The molecule has 0 unspecified atom stereocenters. The van der Waals surface area contributed by atoms with Crippen LogP contribution in [0.1, 0.15) is 34.0 Å². The molecule has 0 radical (unpaired) electrons. The summed E-state index contributed by atoms with van der Waals surface area (Å²) in [4.78, 5) is 33.2. The van der Waals surface area contributed by atoms with Gasteiger partial charge in [0.25, 0.3) is 11.5 Å². The van der Waals surface area contributed by atoms with Crippen LogP contribution in [-0.4, -0.2) is 27.4 Å². The van der Waals surface area contributed by atoms with Gasteiger partial charge in [-0.15, -0.1) is 11.3 Å². The Morgan fingerprint density at radius 1 is 1.58 bits per heavy atom. The lowest BCUT2D eigenvalue weighted by Crippen LogP contribution is -2.29. The second kappa shape index (κ2) is 5.75. The molecule has 0 aliphatic carbocycles. The summed E-state index contributed by atoms with van der Waals surface area (Å²) in [6.45, 7) is 4.42. The highest BCUT2D eigenvalue weighted by atomic mass is 32.1. The van der Waals surface area contributed by atoms with Crippen LogP contribution >= 0.6 is 11.3 Å². The Bertz CT molecular complexity index is 614. The number of rotatable bonds is 4. The Hall–Kier alpha value is -2.02. The van der Waals surface area contributed by atoms with Crippen molar-refractivity contribution in [2.24, 2.45) is 0 Å². The van der Waals surface area contributed by atoms with E-state index in [2.05, 4.69) is 20.3 Å². The van der Waals surface area contributed by atoms with E-state index in [0.717, 1.165) is 16.9 Å². The maximum atomic E-state index is 11.8. The number of amides is 1. The van der Waals surface area contributed by atoms with Crippen molar-refractivity contribution in [3.8, 4) is 0 Å². The number of thiazole rings is 1. The number of hydrogen-bond donors (Lipinski definition) is 2. The second-order valence-corrected chi connectivity index (χ2v) is 5.12. The van der Waals surface area contributed by atoms with Crippen LogP contribution in [-0.2, 0) is 0 Å². The lowest BCUT2D eigenvalue weighted by atomic mass is 10.2. The average Bonchev–Trinajstić information content (AvgIpc) is 2.83. The Labute approximate surface area is 113 Å². The molecule has 2 aromatic heterocycles. The number of nitrogens with zero attached hydrogens (tertiary/aromatic N) is 2. The third-order valence-corrected chi connectivity index (χ3v) is 3.73. The molecule has 0 aromatic carbocycles. The highest BCUT2D eigenvalue weighted by molar-refractivity contribution is 7.09. The van der Waals surface area contributed by atoms with Gasteiger partial charge in [-0.3, -0.25) is 9.59 Å². The number of hydrogen-bond acceptors (Lipinski definition) is 5. The van der Waals surface area contributed by atoms with E-state index in [1.54, 1.807) is 11.3 Å². The maximum Gasteiger partial charge on any atom is 0.271 e. The molecule has 0 saturated carbocycles. The van der Waals surface area contributed by atoms with Gasteiger partial charge < -0.3 is 10.3 Å². The summed E-state index contributed by atoms with van der Waals surface area (Å²) >= 11 is 1.58. The average molecular weight is 278 g/mol. The van der Waals surface area contributed by atoms with E-state index in [4.69, 9.17) is 0 Å². The Kier molecular flexibility index (Phi) is 4.06. The molecule has 0 saturated heterocycles. The van der Waals surface area contributed by atoms with Crippen molar-refractivity contribution in [1.29, 1.82) is 0 Å². The van der Waals surface area contributed by atoms with Crippen LogP contribution in [0.3, 0.4) is 0 Å². The van der Waals surface area contributed by atoms with Crippen molar-refractivity contribution < 1.29 is 4.79 Å². The highest BCUT2D eigenvalue weighted by Gasteiger charge is 2.12. The van der Waals surface area contributed by atoms with Gasteiger partial charge in [0.05, 0.1) is 11.2 Å². The summed E-state index contributed by atoms with van der Waals surface area (Å²) in [6.07, 6.45) is 2.39. The van der Waals surface area contributed by atoms with Gasteiger partial charge in [-0.1, -0.05) is 6.92 Å². The van der Waals surface area contributed by atoms with Gasteiger partial charge in [0.15, 0.2) is 0 Å². The Morgan fingerprint density at radius 2 is 2.37 bits per heavy atom. The minimum absolute atomic E-state index is 0.144. The quantitative estimate of drug-likeness (QED) is 0.875. The largest absolute Gasteiger partial charge is 0.350 e. The summed E-state index contributed by atoms with van der Waals surface area (Å²) in [5, 5.41) is 5.75. The topological polar surface area (TPSA) is 87.7 Å². The van der Waals surface area contributed by atoms with Gasteiger partial charge >= 0.3 is 0 Å². The summed E-state index contributed by atoms with van der Waals surface area (Å²) in [5.41, 5.74) is 0.853. The molecule has 7 heteroatoms. The summed E-state index contributed by atoms with van der Waals surface area (Å²) in [5.74, 6) is -0.165. The van der Waals surface area contributed by atoms with Gasteiger partial charge in [0.1, 0.15) is 5.69 Å². The second-order valence-electron chi connectivity index (χ2n) is 4.23. The number of aromatic amines is 1. The fraction of sp³-hybridized carbons (Fsp3) is 0.333. The minimum Gasteiger partial charge on any atom is -0.350 e. The normalized spacial score (nSPS) is 12.1. The van der Waals surface area contributed by atoms with Gasteiger partial charge in [0.2, 0.25) is 0 Å². The molecule has 2 aromatic rings. The van der Waals surface area contributed by atoms with Gasteiger partial charge in [-0.05, 0) is 6.92 Å². The van der Waals surface area contributed by atoms with Crippen LogP contribution in [0.2, 0.25) is 0 Å². The van der Waals surface area contributed by atoms with Gasteiger partial charge in [-0.25, -0.2) is 9.97 Å². The van der Waals surface area contributed by atoms with E-state index in [1.807, 2.05) is 19.2 Å². The van der Waals surface area contributed by atoms with E-state index in [1.165, 1.54) is 6.20 Å². The number of nitrogens with one attached hydrogen (secondary N) is 2. The first-order valence-electron chi connectivity index (χ1n) is 5.81. The zero-order chi connectivity index (χ0) is 13.8. The molecular weight excluding hydrogens is 264 g/mol. The standard InChI is InChI=1S/C12H14N4O2S/c1-7(12-16-8(2)6-19-12)3-15-11(18)9-4-14-10(17)5-13-9/h4-7H,3H2,1-2H3,(H,14,17)(H,15,18)/t7-/m1/s1. The lowest BCUT2D eigenvalue weighted by Gasteiger charge is -2.09. The number of carbonyl (C=O) groups is 1. The Morgan fingerprint density at radius 3 is 2.95 bits per heavy atom. The molecule has 2 rings (SSSR count). The van der Waals surface area contributed by atoms with Crippen LogP contribution in [0.4, 0.5) is 0 Å². The van der Waals surface area contributed by atoms with E-state index < -0.39 is 0 Å². The van der Waals surface area contributed by atoms with Crippen LogP contribution < -0.4 is 10.9 Å². The van der Waals surface area contributed by atoms with Crippen molar-refractivity contribution >= 4 is 17.2 Å². The molecular formula is C12H14N4O2S. The summed E-state index contributed by atoms with van der Waals surface area (Å²) < 4.78 is 0. The van der Waals surface area contributed by atoms with E-state index in [0.29, 0.717) is 6.54 Å². The first kappa shape index (κ1) is 13.4. The monoisotopic (exact) mass is 278 g/mol. The predicted octanol–water partition coefficient (Wildman–Crippen LogP) is 1.07.